The largest absolute Gasteiger partial charge is 0.240 e. The van der Waals surface area contributed by atoms with E-state index < -0.39 is 0 Å². The van der Waals surface area contributed by atoms with E-state index in [9.17, 15) is 9.18 Å². The summed E-state index contributed by atoms with van der Waals surface area (Å²) in [7, 11) is 0. The van der Waals surface area contributed by atoms with Crippen LogP contribution in [0.1, 0.15) is 50.7 Å². The summed E-state index contributed by atoms with van der Waals surface area (Å²) in [6, 6.07) is 2.87. The Labute approximate surface area is 95.2 Å². The molecule has 1 aromatic carbocycles. The van der Waals surface area contributed by atoms with E-state index in [2.05, 4.69) is 4.99 Å². The maximum absolute atomic E-state index is 13.4. The SMILES string of the molecule is CC(C)c1cc(F)cc(C(C)C)c1N=C=O. The Balaban J connectivity index is 3.53. The number of nitrogens with zero attached hydrogens (tertiary/aromatic N) is 1. The highest BCUT2D eigenvalue weighted by Crippen LogP contribution is 2.35. The van der Waals surface area contributed by atoms with E-state index in [1.165, 1.54) is 12.1 Å². The van der Waals surface area contributed by atoms with Crippen molar-refractivity contribution in [1.29, 1.82) is 0 Å². The molecule has 0 saturated heterocycles. The molecule has 0 heterocycles. The van der Waals surface area contributed by atoms with Crippen LogP contribution in [0.3, 0.4) is 0 Å². The molecule has 0 unspecified atom stereocenters. The molecular weight excluding hydrogens is 205 g/mol. The van der Waals surface area contributed by atoms with E-state index in [1.54, 1.807) is 6.08 Å². The van der Waals surface area contributed by atoms with E-state index in [1.807, 2.05) is 27.7 Å². The zero-order valence-corrected chi connectivity index (χ0v) is 10.0. The standard InChI is InChI=1S/C13H16FNO/c1-8(2)11-5-10(14)6-12(9(3)4)13(11)15-7-16/h5-6,8-9H,1-4H3. The van der Waals surface area contributed by atoms with Crippen molar-refractivity contribution >= 4 is 11.8 Å². The van der Waals surface area contributed by atoms with Crippen molar-refractivity contribution in [3.05, 3.63) is 29.1 Å². The van der Waals surface area contributed by atoms with Gasteiger partial charge in [-0.25, -0.2) is 9.18 Å². The lowest BCUT2D eigenvalue weighted by molar-refractivity contribution is 0.565. The van der Waals surface area contributed by atoms with E-state index in [-0.39, 0.29) is 17.7 Å². The van der Waals surface area contributed by atoms with Gasteiger partial charge in [0, 0.05) is 0 Å². The van der Waals surface area contributed by atoms with Crippen molar-refractivity contribution in [1.82, 2.24) is 0 Å². The first-order chi connectivity index (χ1) is 7.47. The molecule has 0 radical (unpaired) electrons. The lowest BCUT2D eigenvalue weighted by Crippen LogP contribution is -1.97. The second kappa shape index (κ2) is 5.04. The van der Waals surface area contributed by atoms with Crippen molar-refractivity contribution in [3.8, 4) is 0 Å². The molecule has 2 nitrogen and oxygen atoms in total. The second-order valence-corrected chi connectivity index (χ2v) is 4.45. The van der Waals surface area contributed by atoms with Gasteiger partial charge in [0.15, 0.2) is 0 Å². The van der Waals surface area contributed by atoms with Gasteiger partial charge in [0.1, 0.15) is 5.82 Å². The fraction of sp³-hybridized carbons (Fsp3) is 0.462. The smallest absolute Gasteiger partial charge is 0.211 e. The van der Waals surface area contributed by atoms with Crippen LogP contribution < -0.4 is 0 Å². The van der Waals surface area contributed by atoms with Crippen LogP contribution in [0.2, 0.25) is 0 Å². The van der Waals surface area contributed by atoms with Crippen LogP contribution >= 0.6 is 0 Å². The molecule has 0 aliphatic rings. The van der Waals surface area contributed by atoms with Crippen LogP contribution in [0.15, 0.2) is 17.1 Å². The minimum Gasteiger partial charge on any atom is -0.211 e. The Morgan fingerprint density at radius 2 is 1.56 bits per heavy atom. The Morgan fingerprint density at radius 3 is 1.88 bits per heavy atom. The number of benzene rings is 1. The topological polar surface area (TPSA) is 29.4 Å². The summed E-state index contributed by atoms with van der Waals surface area (Å²) in [4.78, 5) is 14.1. The molecule has 0 saturated carbocycles. The molecule has 0 spiro atoms. The highest BCUT2D eigenvalue weighted by Gasteiger charge is 2.15. The third-order valence-electron chi connectivity index (χ3n) is 2.54. The van der Waals surface area contributed by atoms with Crippen LogP contribution in [-0.2, 0) is 4.79 Å². The Hall–Kier alpha value is -1.47. The first-order valence-corrected chi connectivity index (χ1v) is 5.38. The molecule has 0 N–H and O–H groups in total. The average molecular weight is 221 g/mol. The van der Waals surface area contributed by atoms with Crippen LogP contribution in [-0.4, -0.2) is 6.08 Å². The molecule has 0 amide bonds. The number of hydrogen-bond acceptors (Lipinski definition) is 2. The molecular formula is C13H16FNO. The van der Waals surface area contributed by atoms with Gasteiger partial charge in [0.05, 0.1) is 5.69 Å². The summed E-state index contributed by atoms with van der Waals surface area (Å²) in [6.07, 6.45) is 1.55. The van der Waals surface area contributed by atoms with Gasteiger partial charge in [-0.3, -0.25) is 0 Å². The lowest BCUT2D eigenvalue weighted by atomic mass is 9.92. The maximum Gasteiger partial charge on any atom is 0.240 e. The number of halogens is 1. The number of isocyanates is 1. The van der Waals surface area contributed by atoms with Gasteiger partial charge in [-0.1, -0.05) is 27.7 Å². The fourth-order valence-corrected chi connectivity index (χ4v) is 1.70. The molecule has 86 valence electrons. The van der Waals surface area contributed by atoms with Gasteiger partial charge in [-0.15, -0.1) is 0 Å². The molecule has 0 bridgehead atoms. The lowest BCUT2D eigenvalue weighted by Gasteiger charge is -2.15. The summed E-state index contributed by atoms with van der Waals surface area (Å²) in [5.74, 6) is -0.0298. The maximum atomic E-state index is 13.4. The number of hydrogen-bond donors (Lipinski definition) is 0. The molecule has 0 aliphatic carbocycles. The van der Waals surface area contributed by atoms with E-state index in [0.29, 0.717) is 5.69 Å². The van der Waals surface area contributed by atoms with E-state index >= 15 is 0 Å². The molecule has 1 rings (SSSR count). The third kappa shape index (κ3) is 2.56. The summed E-state index contributed by atoms with van der Waals surface area (Å²) in [5, 5.41) is 0. The zero-order chi connectivity index (χ0) is 12.3. The average Bonchev–Trinajstić information content (AvgIpc) is 2.19. The quantitative estimate of drug-likeness (QED) is 0.559. The van der Waals surface area contributed by atoms with Crippen molar-refractivity contribution < 1.29 is 9.18 Å². The van der Waals surface area contributed by atoms with Crippen LogP contribution in [0.25, 0.3) is 0 Å². The Bertz CT molecular complexity index is 403. The zero-order valence-electron chi connectivity index (χ0n) is 10.0. The van der Waals surface area contributed by atoms with Crippen molar-refractivity contribution in [2.45, 2.75) is 39.5 Å². The van der Waals surface area contributed by atoms with Gasteiger partial charge in [-0.2, -0.15) is 4.99 Å². The Kier molecular flexibility index (Phi) is 3.97. The van der Waals surface area contributed by atoms with Crippen molar-refractivity contribution in [3.63, 3.8) is 0 Å². The first kappa shape index (κ1) is 12.6. The molecule has 16 heavy (non-hydrogen) atoms. The minimum absolute atomic E-state index is 0.125. The van der Waals surface area contributed by atoms with Gasteiger partial charge >= 0.3 is 0 Å². The predicted molar refractivity (Wildman–Crippen MR) is 62.4 cm³/mol. The van der Waals surface area contributed by atoms with Crippen molar-refractivity contribution in [2.75, 3.05) is 0 Å². The normalized spacial score (nSPS) is 10.7. The number of aliphatic imine (C=N–C) groups is 1. The highest BCUT2D eigenvalue weighted by molar-refractivity contribution is 5.60. The van der Waals surface area contributed by atoms with Gasteiger partial charge < -0.3 is 0 Å². The molecule has 0 aliphatic heterocycles. The summed E-state index contributed by atoms with van der Waals surface area (Å²) in [6.45, 7) is 7.79. The first-order valence-electron chi connectivity index (χ1n) is 5.38. The van der Waals surface area contributed by atoms with Gasteiger partial charge in [-0.05, 0) is 35.1 Å². The monoisotopic (exact) mass is 221 g/mol. The summed E-state index contributed by atoms with van der Waals surface area (Å²) in [5.41, 5.74) is 2.08. The molecule has 0 fully saturated rings. The van der Waals surface area contributed by atoms with Crippen LogP contribution in [0.5, 0.6) is 0 Å². The second-order valence-electron chi connectivity index (χ2n) is 4.45. The third-order valence-corrected chi connectivity index (χ3v) is 2.54. The Morgan fingerprint density at radius 1 is 1.12 bits per heavy atom. The summed E-state index contributed by atoms with van der Waals surface area (Å²) < 4.78 is 13.4. The van der Waals surface area contributed by atoms with Crippen LogP contribution in [0.4, 0.5) is 10.1 Å². The molecule has 0 aromatic heterocycles. The van der Waals surface area contributed by atoms with Gasteiger partial charge in [0.2, 0.25) is 6.08 Å². The number of carbonyl (C=O) groups excluding carboxylic acids is 1. The van der Waals surface area contributed by atoms with E-state index in [0.717, 1.165) is 11.1 Å². The highest BCUT2D eigenvalue weighted by atomic mass is 19.1. The molecule has 1 aromatic rings. The fourth-order valence-electron chi connectivity index (χ4n) is 1.70. The van der Waals surface area contributed by atoms with Crippen molar-refractivity contribution in [2.24, 2.45) is 4.99 Å². The molecule has 0 atom stereocenters. The minimum atomic E-state index is -0.280. The number of rotatable bonds is 3. The van der Waals surface area contributed by atoms with E-state index in [4.69, 9.17) is 0 Å². The predicted octanol–water partition coefficient (Wildman–Crippen LogP) is 4.04. The van der Waals surface area contributed by atoms with Crippen LogP contribution in [0, 0.1) is 5.82 Å². The molecule has 3 heteroatoms. The summed E-state index contributed by atoms with van der Waals surface area (Å²) >= 11 is 0. The van der Waals surface area contributed by atoms with Gasteiger partial charge in [0.25, 0.3) is 0 Å².